The van der Waals surface area contributed by atoms with E-state index in [0.717, 1.165) is 17.9 Å². The van der Waals surface area contributed by atoms with Gasteiger partial charge in [0.2, 0.25) is 0 Å². The summed E-state index contributed by atoms with van der Waals surface area (Å²) in [5, 5.41) is 3.25. The van der Waals surface area contributed by atoms with Crippen LogP contribution in [0.4, 0.5) is 11.4 Å². The summed E-state index contributed by atoms with van der Waals surface area (Å²) in [5.74, 6) is 0. The summed E-state index contributed by atoms with van der Waals surface area (Å²) in [6.07, 6.45) is 1.85. The lowest BCUT2D eigenvalue weighted by atomic mass is 10.1. The number of hydrogen-bond donors (Lipinski definition) is 2. The minimum absolute atomic E-state index is 0.796. The minimum atomic E-state index is 0.796. The molecule has 3 N–H and O–H groups in total. The second kappa shape index (κ2) is 10.5. The molecule has 0 aliphatic rings. The molecule has 144 valence electrons. The third kappa shape index (κ3) is 6.12. The number of hydrogen-bond acceptors (Lipinski definition) is 2. The highest BCUT2D eigenvalue weighted by molar-refractivity contribution is 5.66. The lowest BCUT2D eigenvalue weighted by Gasteiger charge is -2.05. The Morgan fingerprint density at radius 2 is 1.00 bits per heavy atom. The molecule has 0 aliphatic heterocycles. The predicted octanol–water partition coefficient (Wildman–Crippen LogP) is 6.89. The summed E-state index contributed by atoms with van der Waals surface area (Å²) in [4.78, 5) is 0. The number of rotatable bonds is 5. The number of nitrogens with one attached hydrogen (secondary N) is 1. The topological polar surface area (TPSA) is 38.0 Å². The van der Waals surface area contributed by atoms with E-state index in [9.17, 15) is 0 Å². The van der Waals surface area contributed by atoms with Gasteiger partial charge in [0.25, 0.3) is 0 Å². The zero-order valence-corrected chi connectivity index (χ0v) is 16.5. The summed E-state index contributed by atoms with van der Waals surface area (Å²) in [6, 6.07) is 37.0. The fourth-order valence-corrected chi connectivity index (χ4v) is 2.91. The largest absolute Gasteiger partial charge is 0.399 e. The van der Waals surface area contributed by atoms with Gasteiger partial charge in [-0.3, -0.25) is 0 Å². The molecular formula is C27H26N2. The predicted molar refractivity (Wildman–Crippen MR) is 127 cm³/mol. The minimum Gasteiger partial charge on any atom is -0.399 e. The summed E-state index contributed by atoms with van der Waals surface area (Å²) in [5.41, 5.74) is 12.5. The summed E-state index contributed by atoms with van der Waals surface area (Å²) < 4.78 is 0. The van der Waals surface area contributed by atoms with E-state index in [1.807, 2.05) is 54.6 Å². The number of nitrogens with two attached hydrogens (primary N) is 1. The van der Waals surface area contributed by atoms with Crippen molar-refractivity contribution < 1.29 is 0 Å². The van der Waals surface area contributed by atoms with Crippen molar-refractivity contribution in [2.45, 2.75) is 0 Å². The van der Waals surface area contributed by atoms with Crippen molar-refractivity contribution in [2.75, 3.05) is 17.6 Å². The van der Waals surface area contributed by atoms with E-state index in [0.29, 0.717) is 0 Å². The molecule has 0 unspecified atom stereocenters. The van der Waals surface area contributed by atoms with E-state index in [1.54, 1.807) is 0 Å². The molecule has 4 rings (SSSR count). The van der Waals surface area contributed by atoms with Gasteiger partial charge in [0.05, 0.1) is 0 Å². The van der Waals surface area contributed by atoms with Crippen molar-refractivity contribution in [2.24, 2.45) is 0 Å². The Bertz CT molecular complexity index is 990. The second-order valence-electron chi connectivity index (χ2n) is 6.60. The van der Waals surface area contributed by atoms with Crippen molar-refractivity contribution >= 4 is 11.4 Å². The van der Waals surface area contributed by atoms with Crippen LogP contribution in [-0.2, 0) is 0 Å². The first-order chi connectivity index (χ1) is 14.3. The molecule has 0 atom stereocenters. The van der Waals surface area contributed by atoms with E-state index in [4.69, 9.17) is 5.73 Å². The van der Waals surface area contributed by atoms with Gasteiger partial charge in [-0.25, -0.2) is 0 Å². The smallest absolute Gasteiger partial charge is 0.0343 e. The van der Waals surface area contributed by atoms with E-state index in [1.165, 1.54) is 22.3 Å². The summed E-state index contributed by atoms with van der Waals surface area (Å²) >= 11 is 0. The van der Waals surface area contributed by atoms with Gasteiger partial charge in [0, 0.05) is 17.9 Å². The van der Waals surface area contributed by atoms with E-state index in [-0.39, 0.29) is 0 Å². The van der Waals surface area contributed by atoms with Crippen LogP contribution >= 0.6 is 0 Å². The molecular weight excluding hydrogens is 352 g/mol. The molecule has 4 aromatic rings. The first-order valence-electron chi connectivity index (χ1n) is 9.67. The normalized spacial score (nSPS) is 9.79. The Hall–Kier alpha value is -3.78. The third-order valence-electron chi connectivity index (χ3n) is 4.46. The maximum Gasteiger partial charge on any atom is 0.0343 e. The molecule has 2 nitrogen and oxygen atoms in total. The van der Waals surface area contributed by atoms with Crippen LogP contribution in [0.25, 0.3) is 22.3 Å². The van der Waals surface area contributed by atoms with Gasteiger partial charge in [0.15, 0.2) is 0 Å². The number of anilines is 2. The molecule has 0 fully saturated rings. The molecule has 0 spiro atoms. The van der Waals surface area contributed by atoms with Gasteiger partial charge in [-0.05, 0) is 46.5 Å². The molecule has 0 heterocycles. The van der Waals surface area contributed by atoms with Crippen molar-refractivity contribution in [1.82, 2.24) is 0 Å². The van der Waals surface area contributed by atoms with Crippen molar-refractivity contribution in [3.8, 4) is 22.3 Å². The van der Waals surface area contributed by atoms with Gasteiger partial charge < -0.3 is 11.1 Å². The molecule has 29 heavy (non-hydrogen) atoms. The molecule has 0 saturated heterocycles. The van der Waals surface area contributed by atoms with Crippen molar-refractivity contribution in [3.63, 3.8) is 0 Å². The maximum absolute atomic E-state index is 5.60. The van der Waals surface area contributed by atoms with E-state index < -0.39 is 0 Å². The molecule has 2 heteroatoms. The van der Waals surface area contributed by atoms with Crippen LogP contribution in [0.3, 0.4) is 0 Å². The van der Waals surface area contributed by atoms with Crippen LogP contribution in [0.1, 0.15) is 0 Å². The first-order valence-corrected chi connectivity index (χ1v) is 9.67. The average Bonchev–Trinajstić information content (AvgIpc) is 2.80. The molecule has 0 amide bonds. The fourth-order valence-electron chi connectivity index (χ4n) is 2.91. The van der Waals surface area contributed by atoms with Gasteiger partial charge >= 0.3 is 0 Å². The van der Waals surface area contributed by atoms with Crippen molar-refractivity contribution in [1.29, 1.82) is 0 Å². The number of benzene rings is 4. The quantitative estimate of drug-likeness (QED) is 0.293. The molecule has 0 aliphatic carbocycles. The van der Waals surface area contributed by atoms with Gasteiger partial charge in [-0.1, -0.05) is 91.0 Å². The molecule has 4 aromatic carbocycles. The monoisotopic (exact) mass is 378 g/mol. The highest BCUT2D eigenvalue weighted by Crippen LogP contribution is 2.21. The molecule has 0 aromatic heterocycles. The van der Waals surface area contributed by atoms with Crippen LogP contribution in [0.5, 0.6) is 0 Å². The third-order valence-corrected chi connectivity index (χ3v) is 4.46. The second-order valence-corrected chi connectivity index (χ2v) is 6.60. The fraction of sp³-hybridized carbons (Fsp3) is 0.0370. The number of nitrogen functional groups attached to an aromatic ring is 1. The van der Waals surface area contributed by atoms with E-state index >= 15 is 0 Å². The Kier molecular flexibility index (Phi) is 7.25. The van der Waals surface area contributed by atoms with Crippen LogP contribution in [0, 0.1) is 0 Å². The zero-order valence-electron chi connectivity index (χ0n) is 16.5. The average molecular weight is 379 g/mol. The standard InChI is InChI=1S/C15H15N.C12H11N/c1-2-12-16-15-10-8-14(9-11-15)13-6-4-3-5-7-13;13-12-8-6-11(7-9-12)10-4-2-1-3-5-10/h2-11,16H,1,12H2;1-9H,13H2. The lowest BCUT2D eigenvalue weighted by Crippen LogP contribution is -1.96. The van der Waals surface area contributed by atoms with E-state index in [2.05, 4.69) is 72.6 Å². The highest BCUT2D eigenvalue weighted by Gasteiger charge is 1.96. The highest BCUT2D eigenvalue weighted by atomic mass is 14.8. The van der Waals surface area contributed by atoms with Crippen LogP contribution in [-0.4, -0.2) is 6.54 Å². The Morgan fingerprint density at radius 1 is 0.586 bits per heavy atom. The maximum atomic E-state index is 5.60. The van der Waals surface area contributed by atoms with Crippen LogP contribution in [0.2, 0.25) is 0 Å². The van der Waals surface area contributed by atoms with Crippen LogP contribution < -0.4 is 11.1 Å². The van der Waals surface area contributed by atoms with Crippen molar-refractivity contribution in [3.05, 3.63) is 122 Å². The zero-order chi connectivity index (χ0) is 20.3. The summed E-state index contributed by atoms with van der Waals surface area (Å²) in [6.45, 7) is 4.47. The Balaban J connectivity index is 0.000000169. The molecule has 0 radical (unpaired) electrons. The first kappa shape index (κ1) is 20.0. The molecule has 0 saturated carbocycles. The van der Waals surface area contributed by atoms with Gasteiger partial charge in [-0.2, -0.15) is 0 Å². The molecule has 0 bridgehead atoms. The Labute approximate surface area is 173 Å². The van der Waals surface area contributed by atoms with Crippen LogP contribution in [0.15, 0.2) is 122 Å². The SMILES string of the molecule is C=CCNc1ccc(-c2ccccc2)cc1.Nc1ccc(-c2ccccc2)cc1. The van der Waals surface area contributed by atoms with Gasteiger partial charge in [0.1, 0.15) is 0 Å². The Morgan fingerprint density at radius 3 is 1.45 bits per heavy atom. The summed E-state index contributed by atoms with van der Waals surface area (Å²) in [7, 11) is 0. The lowest BCUT2D eigenvalue weighted by molar-refractivity contribution is 1.34. The van der Waals surface area contributed by atoms with Gasteiger partial charge in [-0.15, -0.1) is 6.58 Å².